The Labute approximate surface area is 133 Å². The molecule has 0 unspecified atom stereocenters. The van der Waals surface area contributed by atoms with Gasteiger partial charge in [0.05, 0.1) is 18.8 Å². The molecule has 114 valence electrons. The van der Waals surface area contributed by atoms with Gasteiger partial charge in [-0.15, -0.1) is 11.3 Å². The predicted octanol–water partition coefficient (Wildman–Crippen LogP) is 3.20. The molecule has 4 rings (SSSR count). The van der Waals surface area contributed by atoms with Gasteiger partial charge in [-0.1, -0.05) is 30.3 Å². The van der Waals surface area contributed by atoms with E-state index in [1.165, 1.54) is 11.3 Å². The van der Waals surface area contributed by atoms with Gasteiger partial charge in [0.2, 0.25) is 0 Å². The minimum absolute atomic E-state index is 0.0543. The van der Waals surface area contributed by atoms with Crippen LogP contribution in [0.5, 0.6) is 0 Å². The Bertz CT molecular complexity index is 670. The fourth-order valence-corrected chi connectivity index (χ4v) is 4.21. The van der Waals surface area contributed by atoms with E-state index in [4.69, 9.17) is 4.74 Å². The molecule has 0 spiro atoms. The van der Waals surface area contributed by atoms with E-state index in [0.717, 1.165) is 29.8 Å². The largest absolute Gasteiger partial charge is 0.374 e. The Morgan fingerprint density at radius 1 is 1.27 bits per heavy atom. The van der Waals surface area contributed by atoms with Gasteiger partial charge in [-0.3, -0.25) is 4.79 Å². The Hall–Kier alpha value is -1.72. The van der Waals surface area contributed by atoms with Gasteiger partial charge < -0.3 is 9.64 Å². The molecule has 1 aliphatic carbocycles. The van der Waals surface area contributed by atoms with Crippen molar-refractivity contribution in [1.82, 2.24) is 9.88 Å². The molecule has 1 saturated carbocycles. The molecule has 1 saturated heterocycles. The van der Waals surface area contributed by atoms with Crippen LogP contribution in [0.15, 0.2) is 35.7 Å². The third-order valence-corrected chi connectivity index (χ3v) is 5.38. The summed E-state index contributed by atoms with van der Waals surface area (Å²) in [7, 11) is 0. The van der Waals surface area contributed by atoms with Gasteiger partial charge >= 0.3 is 0 Å². The SMILES string of the molecule is O=C(c1csc(-c2ccccc2)n1)N1CCO[C@H]2CCC[C@H]21. The first-order valence-corrected chi connectivity index (χ1v) is 8.64. The second-order valence-corrected chi connectivity index (χ2v) is 6.67. The van der Waals surface area contributed by atoms with Gasteiger partial charge in [0.15, 0.2) is 0 Å². The number of thiazole rings is 1. The molecule has 0 radical (unpaired) electrons. The maximum absolute atomic E-state index is 12.8. The summed E-state index contributed by atoms with van der Waals surface area (Å²) in [5, 5.41) is 2.78. The zero-order valence-corrected chi connectivity index (χ0v) is 13.1. The van der Waals surface area contributed by atoms with Crippen molar-refractivity contribution in [3.63, 3.8) is 0 Å². The third kappa shape index (κ3) is 2.44. The lowest BCUT2D eigenvalue weighted by molar-refractivity contribution is -0.0447. The van der Waals surface area contributed by atoms with Crippen LogP contribution in [0.1, 0.15) is 29.8 Å². The number of benzene rings is 1. The molecule has 0 N–H and O–H groups in total. The molecule has 1 aromatic heterocycles. The summed E-state index contributed by atoms with van der Waals surface area (Å²) >= 11 is 1.53. The average molecular weight is 314 g/mol. The van der Waals surface area contributed by atoms with Crippen molar-refractivity contribution >= 4 is 17.2 Å². The molecule has 2 heterocycles. The number of rotatable bonds is 2. The summed E-state index contributed by atoms with van der Waals surface area (Å²) in [6.45, 7) is 1.32. The summed E-state index contributed by atoms with van der Waals surface area (Å²) in [6, 6.07) is 10.2. The van der Waals surface area contributed by atoms with E-state index in [1.54, 1.807) is 0 Å². The van der Waals surface area contributed by atoms with Crippen molar-refractivity contribution in [2.75, 3.05) is 13.2 Å². The number of amides is 1. The highest BCUT2D eigenvalue weighted by atomic mass is 32.1. The van der Waals surface area contributed by atoms with Crippen molar-refractivity contribution in [2.45, 2.75) is 31.4 Å². The highest BCUT2D eigenvalue weighted by Gasteiger charge is 2.39. The minimum Gasteiger partial charge on any atom is -0.374 e. The zero-order chi connectivity index (χ0) is 14.9. The number of hydrogen-bond acceptors (Lipinski definition) is 4. The molecule has 5 heteroatoms. The molecule has 1 aliphatic heterocycles. The number of morpholine rings is 1. The first-order chi connectivity index (χ1) is 10.8. The zero-order valence-electron chi connectivity index (χ0n) is 12.3. The topological polar surface area (TPSA) is 42.4 Å². The highest BCUT2D eigenvalue weighted by molar-refractivity contribution is 7.13. The standard InChI is InChI=1S/C17H18N2O2S/c20-17(19-9-10-21-15-8-4-7-14(15)19)13-11-22-16(18-13)12-5-2-1-3-6-12/h1-3,5-6,11,14-15H,4,7-10H2/t14-,15+/m1/s1. The summed E-state index contributed by atoms with van der Waals surface area (Å²) in [5.74, 6) is 0.0543. The fourth-order valence-electron chi connectivity index (χ4n) is 3.41. The second-order valence-electron chi connectivity index (χ2n) is 5.81. The Kier molecular flexibility index (Phi) is 3.68. The smallest absolute Gasteiger partial charge is 0.273 e. The van der Waals surface area contributed by atoms with E-state index < -0.39 is 0 Å². The normalized spacial score (nSPS) is 24.3. The van der Waals surface area contributed by atoms with E-state index in [1.807, 2.05) is 40.6 Å². The maximum atomic E-state index is 12.8. The second kappa shape index (κ2) is 5.82. The fraction of sp³-hybridized carbons (Fsp3) is 0.412. The van der Waals surface area contributed by atoms with Crippen LogP contribution in [0.3, 0.4) is 0 Å². The Balaban J connectivity index is 1.57. The molecule has 2 aromatic rings. The van der Waals surface area contributed by atoms with E-state index >= 15 is 0 Å². The molecular weight excluding hydrogens is 296 g/mol. The van der Waals surface area contributed by atoms with E-state index in [2.05, 4.69) is 4.98 Å². The van der Waals surface area contributed by atoms with Crippen molar-refractivity contribution in [2.24, 2.45) is 0 Å². The molecule has 0 bridgehead atoms. The molecule has 1 amide bonds. The summed E-state index contributed by atoms with van der Waals surface area (Å²) in [6.07, 6.45) is 3.49. The number of carbonyl (C=O) groups is 1. The molecule has 2 aliphatic rings. The number of nitrogens with zero attached hydrogens (tertiary/aromatic N) is 2. The van der Waals surface area contributed by atoms with Gasteiger partial charge in [-0.2, -0.15) is 0 Å². The van der Waals surface area contributed by atoms with Crippen LogP contribution in [0.4, 0.5) is 0 Å². The summed E-state index contributed by atoms with van der Waals surface area (Å²) < 4.78 is 5.78. The van der Waals surface area contributed by atoms with Gasteiger partial charge in [0, 0.05) is 17.5 Å². The van der Waals surface area contributed by atoms with Crippen molar-refractivity contribution < 1.29 is 9.53 Å². The predicted molar refractivity (Wildman–Crippen MR) is 86.0 cm³/mol. The van der Waals surface area contributed by atoms with Crippen LogP contribution in [-0.2, 0) is 4.74 Å². The number of aromatic nitrogens is 1. The van der Waals surface area contributed by atoms with Gasteiger partial charge in [-0.25, -0.2) is 4.98 Å². The van der Waals surface area contributed by atoms with Crippen LogP contribution in [0.2, 0.25) is 0 Å². The molecule has 22 heavy (non-hydrogen) atoms. The van der Waals surface area contributed by atoms with Crippen LogP contribution in [0.25, 0.3) is 10.6 Å². The lowest BCUT2D eigenvalue weighted by Gasteiger charge is -2.37. The number of carbonyl (C=O) groups excluding carboxylic acids is 1. The van der Waals surface area contributed by atoms with Crippen LogP contribution in [-0.4, -0.2) is 41.1 Å². The van der Waals surface area contributed by atoms with Crippen molar-refractivity contribution in [3.05, 3.63) is 41.4 Å². The third-order valence-electron chi connectivity index (χ3n) is 4.49. The minimum atomic E-state index is 0.0543. The van der Waals surface area contributed by atoms with Gasteiger partial charge in [0.1, 0.15) is 10.7 Å². The quantitative estimate of drug-likeness (QED) is 0.855. The molecule has 2 fully saturated rings. The van der Waals surface area contributed by atoms with Crippen LogP contribution >= 0.6 is 11.3 Å². The van der Waals surface area contributed by atoms with Gasteiger partial charge in [0.25, 0.3) is 5.91 Å². The summed E-state index contributed by atoms with van der Waals surface area (Å²) in [5.41, 5.74) is 1.63. The van der Waals surface area contributed by atoms with Gasteiger partial charge in [-0.05, 0) is 19.3 Å². The van der Waals surface area contributed by atoms with E-state index in [9.17, 15) is 4.79 Å². The number of fused-ring (bicyclic) bond motifs is 1. The monoisotopic (exact) mass is 314 g/mol. The average Bonchev–Trinajstić information content (AvgIpc) is 3.24. The lowest BCUT2D eigenvalue weighted by atomic mass is 10.1. The lowest BCUT2D eigenvalue weighted by Crippen LogP contribution is -2.51. The Morgan fingerprint density at radius 3 is 3.00 bits per heavy atom. The number of hydrogen-bond donors (Lipinski definition) is 0. The highest BCUT2D eigenvalue weighted by Crippen LogP contribution is 2.31. The first kappa shape index (κ1) is 13.9. The molecule has 2 atom stereocenters. The van der Waals surface area contributed by atoms with Crippen LogP contribution in [0, 0.1) is 0 Å². The van der Waals surface area contributed by atoms with Crippen molar-refractivity contribution in [3.8, 4) is 10.6 Å². The molecular formula is C17H18N2O2S. The van der Waals surface area contributed by atoms with E-state index in [0.29, 0.717) is 18.8 Å². The Morgan fingerprint density at radius 2 is 2.14 bits per heavy atom. The van der Waals surface area contributed by atoms with Crippen molar-refractivity contribution in [1.29, 1.82) is 0 Å². The van der Waals surface area contributed by atoms with E-state index in [-0.39, 0.29) is 18.1 Å². The first-order valence-electron chi connectivity index (χ1n) is 7.76. The molecule has 4 nitrogen and oxygen atoms in total. The number of ether oxygens (including phenoxy) is 1. The van der Waals surface area contributed by atoms with Crippen LogP contribution < -0.4 is 0 Å². The maximum Gasteiger partial charge on any atom is 0.273 e. The summed E-state index contributed by atoms with van der Waals surface area (Å²) in [4.78, 5) is 19.3. The molecule has 1 aromatic carbocycles.